The average Bonchev–Trinajstić information content (AvgIpc) is 2.08. The first-order valence-corrected chi connectivity index (χ1v) is 4.61. The lowest BCUT2D eigenvalue weighted by Gasteiger charge is -2.20. The highest BCUT2D eigenvalue weighted by molar-refractivity contribution is 6.00. The smallest absolute Gasteiger partial charge is 0.156 e. The van der Waals surface area contributed by atoms with Gasteiger partial charge < -0.3 is 5.73 Å². The third-order valence-electron chi connectivity index (χ3n) is 2.60. The van der Waals surface area contributed by atoms with E-state index in [-0.39, 0.29) is 17.6 Å². The zero-order valence-corrected chi connectivity index (χ0v) is 8.76. The van der Waals surface area contributed by atoms with Crippen molar-refractivity contribution in [3.8, 4) is 0 Å². The molecule has 76 valence electrons. The Bertz CT molecular complexity index is 350. The molecule has 0 aromatic heterocycles. The Hall–Kier alpha value is -1.22. The highest BCUT2D eigenvalue weighted by Crippen LogP contribution is 2.24. The molecule has 14 heavy (non-hydrogen) atoms. The van der Waals surface area contributed by atoms with Crippen molar-refractivity contribution in [2.45, 2.75) is 33.2 Å². The Labute approximate surface area is 83.7 Å². The maximum atomic E-state index is 11.3. The van der Waals surface area contributed by atoms with Gasteiger partial charge in [0.1, 0.15) is 0 Å². The summed E-state index contributed by atoms with van der Waals surface area (Å²) in [6, 6.07) is -0.290. The van der Waals surface area contributed by atoms with Gasteiger partial charge in [0.25, 0.3) is 0 Å². The molecule has 0 heterocycles. The minimum absolute atomic E-state index is 0.00444. The predicted molar refractivity (Wildman–Crippen MR) is 54.7 cm³/mol. The van der Waals surface area contributed by atoms with Gasteiger partial charge in [-0.25, -0.2) is 0 Å². The Kier molecular flexibility index (Phi) is 3.01. The van der Waals surface area contributed by atoms with Gasteiger partial charge in [-0.1, -0.05) is 6.08 Å². The number of hydrogen-bond acceptors (Lipinski definition) is 3. The molecular formula is C11H15NO2. The van der Waals surface area contributed by atoms with E-state index in [1.54, 1.807) is 6.08 Å². The van der Waals surface area contributed by atoms with E-state index < -0.39 is 0 Å². The Morgan fingerprint density at radius 3 is 2.36 bits per heavy atom. The summed E-state index contributed by atoms with van der Waals surface area (Å²) in [4.78, 5) is 22.4. The summed E-state index contributed by atoms with van der Waals surface area (Å²) in [6.07, 6.45) is 2.17. The molecule has 3 heteroatoms. The number of allylic oxidation sites excluding steroid dienone is 2. The number of rotatable bonds is 2. The number of hydrogen-bond donors (Lipinski definition) is 1. The van der Waals surface area contributed by atoms with Crippen LogP contribution >= 0.6 is 0 Å². The fraction of sp³-hybridized carbons (Fsp3) is 0.455. The van der Waals surface area contributed by atoms with Crippen molar-refractivity contribution in [2.24, 2.45) is 5.73 Å². The Morgan fingerprint density at radius 1 is 1.36 bits per heavy atom. The van der Waals surface area contributed by atoms with Crippen LogP contribution in [0.15, 0.2) is 22.8 Å². The van der Waals surface area contributed by atoms with Crippen molar-refractivity contribution >= 4 is 11.6 Å². The van der Waals surface area contributed by atoms with E-state index >= 15 is 0 Å². The summed E-state index contributed by atoms with van der Waals surface area (Å²) >= 11 is 0. The first-order chi connectivity index (χ1) is 6.43. The maximum absolute atomic E-state index is 11.3. The van der Waals surface area contributed by atoms with Crippen molar-refractivity contribution in [1.29, 1.82) is 0 Å². The van der Waals surface area contributed by atoms with Crippen molar-refractivity contribution in [3.63, 3.8) is 0 Å². The first-order valence-electron chi connectivity index (χ1n) is 4.61. The minimum atomic E-state index is -0.290. The molecule has 0 saturated heterocycles. The molecule has 3 nitrogen and oxygen atoms in total. The summed E-state index contributed by atoms with van der Waals surface area (Å²) in [7, 11) is 0. The first kappa shape index (κ1) is 10.9. The number of carbonyl (C=O) groups excluding carboxylic acids is 2. The van der Waals surface area contributed by atoms with Crippen molar-refractivity contribution in [2.75, 3.05) is 0 Å². The lowest BCUT2D eigenvalue weighted by Crippen LogP contribution is -2.26. The predicted octanol–water partition coefficient (Wildman–Crippen LogP) is 1.14. The second-order valence-corrected chi connectivity index (χ2v) is 3.67. The highest BCUT2D eigenvalue weighted by atomic mass is 16.1. The molecule has 1 aliphatic carbocycles. The third kappa shape index (κ3) is 1.99. The second-order valence-electron chi connectivity index (χ2n) is 3.67. The van der Waals surface area contributed by atoms with Gasteiger partial charge in [-0.15, -0.1) is 0 Å². The molecule has 0 spiro atoms. The molecule has 1 unspecified atom stereocenters. The summed E-state index contributed by atoms with van der Waals surface area (Å²) in [5, 5.41) is 0. The van der Waals surface area contributed by atoms with Gasteiger partial charge in [0.05, 0.1) is 0 Å². The van der Waals surface area contributed by atoms with Gasteiger partial charge in [0, 0.05) is 18.0 Å². The minimum Gasteiger partial charge on any atom is -0.321 e. The van der Waals surface area contributed by atoms with Gasteiger partial charge in [-0.2, -0.15) is 0 Å². The van der Waals surface area contributed by atoms with Gasteiger partial charge >= 0.3 is 0 Å². The monoisotopic (exact) mass is 193 g/mol. The van der Waals surface area contributed by atoms with Crippen LogP contribution in [-0.2, 0) is 9.59 Å². The Balaban J connectivity index is 3.04. The van der Waals surface area contributed by atoms with Gasteiger partial charge in [-0.3, -0.25) is 9.59 Å². The van der Waals surface area contributed by atoms with Crippen molar-refractivity contribution in [3.05, 3.63) is 22.8 Å². The van der Waals surface area contributed by atoms with Crippen LogP contribution in [0, 0.1) is 0 Å². The molecule has 0 radical (unpaired) electrons. The van der Waals surface area contributed by atoms with Gasteiger partial charge in [-0.05, 0) is 31.9 Å². The molecule has 0 fully saturated rings. The summed E-state index contributed by atoms with van der Waals surface area (Å²) in [5.74, 6) is -0.00324. The normalized spacial score (nSPS) is 22.0. The molecule has 1 rings (SSSR count). The number of Topliss-reactive ketones (excluding diaryl/α,β-unsaturated/α-hetero) is 2. The van der Waals surface area contributed by atoms with E-state index in [9.17, 15) is 9.59 Å². The molecule has 2 N–H and O–H groups in total. The fourth-order valence-electron chi connectivity index (χ4n) is 1.58. The average molecular weight is 193 g/mol. The fourth-order valence-corrected chi connectivity index (χ4v) is 1.58. The quantitative estimate of drug-likeness (QED) is 0.715. The highest BCUT2D eigenvalue weighted by Gasteiger charge is 2.21. The summed E-state index contributed by atoms with van der Waals surface area (Å²) in [5.41, 5.74) is 8.01. The molecule has 0 aromatic carbocycles. The number of carbonyl (C=O) groups is 2. The van der Waals surface area contributed by atoms with Crippen LogP contribution < -0.4 is 5.73 Å². The van der Waals surface area contributed by atoms with Gasteiger partial charge in [0.2, 0.25) is 0 Å². The second kappa shape index (κ2) is 3.88. The molecular weight excluding hydrogens is 178 g/mol. The largest absolute Gasteiger partial charge is 0.321 e. The molecule has 1 aliphatic rings. The van der Waals surface area contributed by atoms with E-state index in [1.165, 1.54) is 13.8 Å². The maximum Gasteiger partial charge on any atom is 0.156 e. The van der Waals surface area contributed by atoms with E-state index in [0.717, 1.165) is 5.57 Å². The van der Waals surface area contributed by atoms with E-state index in [4.69, 9.17) is 5.73 Å². The van der Waals surface area contributed by atoms with Crippen LogP contribution in [0.1, 0.15) is 27.2 Å². The molecule has 0 aliphatic heterocycles. The number of nitrogens with two attached hydrogens (primary N) is 1. The molecule has 0 bridgehead atoms. The molecule has 1 atom stereocenters. The zero-order chi connectivity index (χ0) is 10.9. The lowest BCUT2D eigenvalue weighted by molar-refractivity contribution is -0.114. The molecule has 0 amide bonds. The van der Waals surface area contributed by atoms with Crippen LogP contribution in [0.25, 0.3) is 0 Å². The van der Waals surface area contributed by atoms with Gasteiger partial charge in [0.15, 0.2) is 11.6 Å². The lowest BCUT2D eigenvalue weighted by atomic mass is 9.86. The Morgan fingerprint density at radius 2 is 1.93 bits per heavy atom. The standard InChI is InChI=1S/C11H15NO2/c1-6-10(8(3)14)4-9(7(2)13)5-11(6)12/h5,11H,4,12H2,1-3H3. The van der Waals surface area contributed by atoms with E-state index in [0.29, 0.717) is 17.6 Å². The molecule has 0 saturated carbocycles. The van der Waals surface area contributed by atoms with Crippen LogP contribution in [0.4, 0.5) is 0 Å². The van der Waals surface area contributed by atoms with Crippen molar-refractivity contribution < 1.29 is 9.59 Å². The van der Waals surface area contributed by atoms with E-state index in [1.807, 2.05) is 6.92 Å². The summed E-state index contributed by atoms with van der Waals surface area (Å²) < 4.78 is 0. The van der Waals surface area contributed by atoms with Crippen LogP contribution in [0.2, 0.25) is 0 Å². The van der Waals surface area contributed by atoms with Crippen LogP contribution in [-0.4, -0.2) is 17.6 Å². The number of ketones is 2. The van der Waals surface area contributed by atoms with Crippen molar-refractivity contribution in [1.82, 2.24) is 0 Å². The van der Waals surface area contributed by atoms with Crippen LogP contribution in [0.3, 0.4) is 0 Å². The molecule has 0 aromatic rings. The van der Waals surface area contributed by atoms with Crippen LogP contribution in [0.5, 0.6) is 0 Å². The van der Waals surface area contributed by atoms with E-state index in [2.05, 4.69) is 0 Å². The third-order valence-corrected chi connectivity index (χ3v) is 2.60. The summed E-state index contributed by atoms with van der Waals surface area (Å²) in [6.45, 7) is 4.85. The topological polar surface area (TPSA) is 60.2 Å². The zero-order valence-electron chi connectivity index (χ0n) is 8.76. The SMILES string of the molecule is CC(=O)C1=CC(N)C(C)=C(C(C)=O)C1.